The van der Waals surface area contributed by atoms with Gasteiger partial charge in [-0.05, 0) is 93.4 Å². The zero-order valence-electron chi connectivity index (χ0n) is 30.2. The van der Waals surface area contributed by atoms with Gasteiger partial charge in [-0.15, -0.1) is 0 Å². The summed E-state index contributed by atoms with van der Waals surface area (Å²) >= 11 is 0. The predicted molar refractivity (Wildman–Crippen MR) is 226 cm³/mol. The summed E-state index contributed by atoms with van der Waals surface area (Å²) in [5, 5.41) is 6.17. The van der Waals surface area contributed by atoms with E-state index >= 15 is 0 Å². The average molecular weight is 673 g/mol. The summed E-state index contributed by atoms with van der Waals surface area (Å²) in [5.74, 6) is 0. The van der Waals surface area contributed by atoms with Crippen LogP contribution in [0.4, 0.5) is 5.69 Å². The van der Waals surface area contributed by atoms with E-state index in [0.29, 0.717) is 0 Å². The van der Waals surface area contributed by atoms with Crippen molar-refractivity contribution in [3.63, 3.8) is 0 Å². The molecule has 1 heterocycles. The monoisotopic (exact) mass is 672 g/mol. The van der Waals surface area contributed by atoms with E-state index in [0.717, 1.165) is 39.2 Å². The number of allylic oxidation sites excluding steroid dienone is 7. The van der Waals surface area contributed by atoms with Crippen LogP contribution in [0.3, 0.4) is 0 Å². The largest absolute Gasteiger partial charge is 0.355 e. The highest BCUT2D eigenvalue weighted by Gasteiger charge is 2.18. The molecule has 1 aromatic heterocycles. The van der Waals surface area contributed by atoms with Gasteiger partial charge in [-0.2, -0.15) is 0 Å². The predicted octanol–water partition coefficient (Wildman–Crippen LogP) is 13.6. The molecule has 6 aromatic carbocycles. The molecule has 7 aromatic rings. The van der Waals surface area contributed by atoms with Gasteiger partial charge in [0.1, 0.15) is 0 Å². The van der Waals surface area contributed by atoms with Crippen LogP contribution >= 0.6 is 0 Å². The number of hydrogen-bond acceptors (Lipinski definition) is 1. The molecule has 2 heteroatoms. The third-order valence-corrected chi connectivity index (χ3v) is 9.59. The van der Waals surface area contributed by atoms with Gasteiger partial charge in [-0.1, -0.05) is 161 Å². The number of benzene rings is 6. The number of para-hydroxylation sites is 1. The molecule has 0 aliphatic carbocycles. The van der Waals surface area contributed by atoms with Crippen molar-refractivity contribution in [1.82, 2.24) is 4.57 Å². The molecule has 254 valence electrons. The van der Waals surface area contributed by atoms with Crippen LogP contribution < -0.4 is 5.32 Å². The van der Waals surface area contributed by atoms with Gasteiger partial charge in [0, 0.05) is 33.4 Å². The molecule has 2 nitrogen and oxygen atoms in total. The third kappa shape index (κ3) is 7.10. The fourth-order valence-electron chi connectivity index (χ4n) is 6.77. The standard InChI is InChI=1S/C50H44N2/c1-6-36(37-18-11-8-12-19-37)22-17-25-44(39-20-13-9-14-21-39)47(7-2)51-42-30-26-38(27-31-42)40-28-32-48-45(34-40)46-35-41(50(3,4)5)29-33-49(46)52(48)43-23-15-10-16-24-43/h6-35,51H,1-2H2,3-5H3/b25-17-,36-22+,47-44-. The SMILES string of the molecule is C=C\C(Nc1ccc(-c2ccc3c(c2)c2cc(C(C)(C)C)ccc2n3-c2ccccc2)cc1)=C(/C=C\C=C(/C=C)c1ccccc1)c1ccccc1. The van der Waals surface area contributed by atoms with E-state index in [1.807, 2.05) is 36.4 Å². The maximum Gasteiger partial charge on any atom is 0.0541 e. The maximum atomic E-state index is 4.19. The Morgan fingerprint density at radius 1 is 0.596 bits per heavy atom. The first-order valence-corrected chi connectivity index (χ1v) is 17.8. The third-order valence-electron chi connectivity index (χ3n) is 9.59. The van der Waals surface area contributed by atoms with Gasteiger partial charge < -0.3 is 9.88 Å². The van der Waals surface area contributed by atoms with Gasteiger partial charge >= 0.3 is 0 Å². The zero-order chi connectivity index (χ0) is 36.1. The summed E-state index contributed by atoms with van der Waals surface area (Å²) in [6.07, 6.45) is 10.1. The topological polar surface area (TPSA) is 17.0 Å². The van der Waals surface area contributed by atoms with Crippen molar-refractivity contribution >= 4 is 38.6 Å². The van der Waals surface area contributed by atoms with E-state index in [9.17, 15) is 0 Å². The molecule has 0 saturated carbocycles. The number of fused-ring (bicyclic) bond motifs is 3. The summed E-state index contributed by atoms with van der Waals surface area (Å²) in [6.45, 7) is 15.1. The Bertz CT molecular complexity index is 2450. The molecular weight excluding hydrogens is 629 g/mol. The first kappa shape index (κ1) is 34.1. The molecule has 1 N–H and O–H groups in total. The van der Waals surface area contributed by atoms with E-state index in [1.54, 1.807) is 0 Å². The van der Waals surface area contributed by atoms with Crippen LogP contribution in [0.25, 0.3) is 49.8 Å². The molecule has 0 aliphatic rings. The molecule has 0 amide bonds. The Kier molecular flexibility index (Phi) is 9.73. The van der Waals surface area contributed by atoms with Crippen molar-refractivity contribution in [2.75, 3.05) is 5.32 Å². The van der Waals surface area contributed by atoms with E-state index in [4.69, 9.17) is 0 Å². The van der Waals surface area contributed by atoms with Gasteiger partial charge in [0.2, 0.25) is 0 Å². The van der Waals surface area contributed by atoms with Crippen LogP contribution in [0, 0.1) is 0 Å². The minimum atomic E-state index is 0.0537. The molecule has 0 spiro atoms. The highest BCUT2D eigenvalue weighted by molar-refractivity contribution is 6.10. The number of rotatable bonds is 10. The van der Waals surface area contributed by atoms with Gasteiger partial charge in [0.05, 0.1) is 11.0 Å². The Morgan fingerprint density at radius 3 is 1.79 bits per heavy atom. The average Bonchev–Trinajstić information content (AvgIpc) is 3.51. The minimum absolute atomic E-state index is 0.0537. The number of hydrogen-bond donors (Lipinski definition) is 1. The normalized spacial score (nSPS) is 12.6. The van der Waals surface area contributed by atoms with Crippen LogP contribution in [0.1, 0.15) is 37.5 Å². The highest BCUT2D eigenvalue weighted by atomic mass is 15.0. The molecule has 52 heavy (non-hydrogen) atoms. The van der Waals surface area contributed by atoms with Crippen molar-refractivity contribution in [3.05, 3.63) is 218 Å². The lowest BCUT2D eigenvalue weighted by atomic mass is 9.86. The molecule has 7 rings (SSSR count). The molecule has 0 saturated heterocycles. The van der Waals surface area contributed by atoms with Crippen molar-refractivity contribution < 1.29 is 0 Å². The molecule has 0 radical (unpaired) electrons. The Labute approximate surface area is 308 Å². The first-order valence-electron chi connectivity index (χ1n) is 17.8. The zero-order valence-corrected chi connectivity index (χ0v) is 30.2. The van der Waals surface area contributed by atoms with E-state index in [1.165, 1.54) is 38.6 Å². The van der Waals surface area contributed by atoms with Crippen molar-refractivity contribution in [3.8, 4) is 16.8 Å². The Balaban J connectivity index is 1.24. The van der Waals surface area contributed by atoms with Crippen molar-refractivity contribution in [2.45, 2.75) is 26.2 Å². The summed E-state index contributed by atoms with van der Waals surface area (Å²) < 4.78 is 2.38. The fraction of sp³-hybridized carbons (Fsp3) is 0.0800. The van der Waals surface area contributed by atoms with Crippen molar-refractivity contribution in [2.24, 2.45) is 0 Å². The Morgan fingerprint density at radius 2 is 1.17 bits per heavy atom. The van der Waals surface area contributed by atoms with Gasteiger partial charge in [-0.3, -0.25) is 0 Å². The van der Waals surface area contributed by atoms with Gasteiger partial charge in [0.25, 0.3) is 0 Å². The molecular formula is C50H44N2. The Hall–Kier alpha value is -6.38. The van der Waals surface area contributed by atoms with Crippen molar-refractivity contribution in [1.29, 1.82) is 0 Å². The molecule has 0 bridgehead atoms. The number of anilines is 1. The summed E-state index contributed by atoms with van der Waals surface area (Å²) in [5.41, 5.74) is 13.6. The second-order valence-corrected chi connectivity index (χ2v) is 14.0. The number of aromatic nitrogens is 1. The van der Waals surface area contributed by atoms with E-state index in [2.05, 4.69) is 189 Å². The maximum absolute atomic E-state index is 4.19. The lowest BCUT2D eigenvalue weighted by molar-refractivity contribution is 0.591. The van der Waals surface area contributed by atoms with Gasteiger partial charge in [-0.25, -0.2) is 0 Å². The number of nitrogens with one attached hydrogen (secondary N) is 1. The smallest absolute Gasteiger partial charge is 0.0541 e. The summed E-state index contributed by atoms with van der Waals surface area (Å²) in [6, 6.07) is 53.8. The second-order valence-electron chi connectivity index (χ2n) is 14.0. The minimum Gasteiger partial charge on any atom is -0.355 e. The van der Waals surface area contributed by atoms with Crippen LogP contribution in [-0.4, -0.2) is 4.57 Å². The quantitative estimate of drug-likeness (QED) is 0.143. The van der Waals surface area contributed by atoms with Crippen LogP contribution in [0.15, 0.2) is 201 Å². The van der Waals surface area contributed by atoms with Gasteiger partial charge in [0.15, 0.2) is 0 Å². The molecule has 0 atom stereocenters. The number of nitrogens with zero attached hydrogens (tertiary/aromatic N) is 1. The highest BCUT2D eigenvalue weighted by Crippen LogP contribution is 2.37. The lowest BCUT2D eigenvalue weighted by Gasteiger charge is -2.19. The van der Waals surface area contributed by atoms with Crippen LogP contribution in [0.5, 0.6) is 0 Å². The summed E-state index contributed by atoms with van der Waals surface area (Å²) in [7, 11) is 0. The molecule has 0 unspecified atom stereocenters. The van der Waals surface area contributed by atoms with E-state index in [-0.39, 0.29) is 5.41 Å². The van der Waals surface area contributed by atoms with E-state index < -0.39 is 0 Å². The lowest BCUT2D eigenvalue weighted by Crippen LogP contribution is -2.10. The molecule has 0 fully saturated rings. The molecule has 0 aliphatic heterocycles. The fourth-order valence-corrected chi connectivity index (χ4v) is 6.77. The van der Waals surface area contributed by atoms with Crippen LogP contribution in [0.2, 0.25) is 0 Å². The first-order chi connectivity index (χ1) is 25.3. The van der Waals surface area contributed by atoms with Crippen LogP contribution in [-0.2, 0) is 5.41 Å². The summed E-state index contributed by atoms with van der Waals surface area (Å²) in [4.78, 5) is 0. The second kappa shape index (κ2) is 14.8.